The monoisotopic (exact) mass is 227 g/mol. The lowest BCUT2D eigenvalue weighted by Gasteiger charge is -2.26. The van der Waals surface area contributed by atoms with Gasteiger partial charge in [0.05, 0.1) is 23.7 Å². The van der Waals surface area contributed by atoms with E-state index < -0.39 is 0 Å². The van der Waals surface area contributed by atoms with Crippen LogP contribution in [0, 0.1) is 5.92 Å². The second-order valence-electron chi connectivity index (χ2n) is 5.87. The van der Waals surface area contributed by atoms with Crippen molar-refractivity contribution in [2.75, 3.05) is 13.1 Å². The minimum absolute atomic E-state index is 0.0202. The summed E-state index contributed by atoms with van der Waals surface area (Å²) in [6, 6.07) is 0. The predicted octanol–water partition coefficient (Wildman–Crippen LogP) is 2.15. The van der Waals surface area contributed by atoms with Gasteiger partial charge in [0.1, 0.15) is 0 Å². The summed E-state index contributed by atoms with van der Waals surface area (Å²) in [5.74, 6) is 0.302. The molecule has 0 aromatic heterocycles. The highest BCUT2D eigenvalue weighted by Crippen LogP contribution is 2.42. The number of Topliss-reactive ketones (excluding diaryl/α,β-unsaturated/α-hetero) is 1. The normalized spacial score (nSPS) is 26.9. The van der Waals surface area contributed by atoms with Gasteiger partial charge in [-0.15, -0.1) is 0 Å². The number of rotatable bonds is 5. The summed E-state index contributed by atoms with van der Waals surface area (Å²) in [5.41, 5.74) is -0.497. The molecule has 1 aliphatic rings. The van der Waals surface area contributed by atoms with Gasteiger partial charge in [-0.05, 0) is 47.1 Å². The number of nitrogens with one attached hydrogen (secondary N) is 1. The Kier molecular flexibility index (Phi) is 4.13. The summed E-state index contributed by atoms with van der Waals surface area (Å²) < 4.78 is 5.93. The van der Waals surface area contributed by atoms with Crippen molar-refractivity contribution in [3.05, 3.63) is 0 Å². The average Bonchev–Trinajstić information content (AvgIpc) is 2.34. The zero-order valence-electron chi connectivity index (χ0n) is 11.2. The summed E-state index contributed by atoms with van der Waals surface area (Å²) in [6.07, 6.45) is 1.88. The quantitative estimate of drug-likeness (QED) is 0.731. The molecule has 0 amide bonds. The van der Waals surface area contributed by atoms with E-state index in [1.165, 1.54) is 0 Å². The first-order valence-corrected chi connectivity index (χ1v) is 6.22. The Balaban J connectivity index is 2.56. The molecule has 16 heavy (non-hydrogen) atoms. The maximum absolute atomic E-state index is 12.1. The number of hydrogen-bond donors (Lipinski definition) is 1. The fourth-order valence-corrected chi connectivity index (χ4v) is 2.58. The molecule has 0 radical (unpaired) electrons. The van der Waals surface area contributed by atoms with Gasteiger partial charge in [0, 0.05) is 0 Å². The van der Waals surface area contributed by atoms with E-state index in [1.54, 1.807) is 0 Å². The lowest BCUT2D eigenvalue weighted by atomic mass is 9.84. The highest BCUT2D eigenvalue weighted by Gasteiger charge is 2.48. The minimum Gasteiger partial charge on any atom is -0.369 e. The maximum Gasteiger partial charge on any atom is 0.152 e. The van der Waals surface area contributed by atoms with Crippen molar-refractivity contribution in [2.24, 2.45) is 5.92 Å². The second kappa shape index (κ2) is 4.84. The van der Waals surface area contributed by atoms with Gasteiger partial charge in [-0.2, -0.15) is 0 Å². The van der Waals surface area contributed by atoms with E-state index in [9.17, 15) is 4.79 Å². The van der Waals surface area contributed by atoms with Crippen molar-refractivity contribution in [3.8, 4) is 0 Å². The second-order valence-corrected chi connectivity index (χ2v) is 5.87. The van der Waals surface area contributed by atoms with Crippen LogP contribution in [0.25, 0.3) is 0 Å². The molecule has 0 aliphatic carbocycles. The molecule has 1 rings (SSSR count). The molecule has 0 aromatic carbocycles. The lowest BCUT2D eigenvalue weighted by molar-refractivity contribution is -0.128. The molecule has 1 unspecified atom stereocenters. The van der Waals surface area contributed by atoms with Crippen molar-refractivity contribution < 1.29 is 9.53 Å². The molecule has 0 saturated carbocycles. The standard InChI is InChI=1S/C13H25NO2/c1-6-7-14-9-11(15)10-8-12(2,3)16-13(10,4)5/h10,14H,6-9H2,1-5H3. The van der Waals surface area contributed by atoms with Crippen molar-refractivity contribution in [1.82, 2.24) is 5.32 Å². The highest BCUT2D eigenvalue weighted by atomic mass is 16.5. The summed E-state index contributed by atoms with van der Waals surface area (Å²) in [5, 5.41) is 3.17. The van der Waals surface area contributed by atoms with Crippen LogP contribution in [0.15, 0.2) is 0 Å². The van der Waals surface area contributed by atoms with Crippen molar-refractivity contribution in [1.29, 1.82) is 0 Å². The highest BCUT2D eigenvalue weighted by molar-refractivity contribution is 5.84. The summed E-state index contributed by atoms with van der Waals surface area (Å²) in [7, 11) is 0. The Morgan fingerprint density at radius 1 is 1.38 bits per heavy atom. The van der Waals surface area contributed by atoms with Crippen molar-refractivity contribution in [3.63, 3.8) is 0 Å². The van der Waals surface area contributed by atoms with Crippen LogP contribution in [0.2, 0.25) is 0 Å². The van der Waals surface area contributed by atoms with E-state index in [-0.39, 0.29) is 22.9 Å². The number of carbonyl (C=O) groups excluding carboxylic acids is 1. The van der Waals surface area contributed by atoms with Crippen molar-refractivity contribution >= 4 is 5.78 Å². The SMILES string of the molecule is CCCNCC(=O)C1CC(C)(C)OC1(C)C. The third kappa shape index (κ3) is 3.29. The Morgan fingerprint density at radius 3 is 2.44 bits per heavy atom. The van der Waals surface area contributed by atoms with Gasteiger partial charge in [0.2, 0.25) is 0 Å². The van der Waals surface area contributed by atoms with Gasteiger partial charge in [-0.3, -0.25) is 4.79 Å². The smallest absolute Gasteiger partial charge is 0.152 e. The van der Waals surface area contributed by atoms with E-state index in [1.807, 2.05) is 13.8 Å². The van der Waals surface area contributed by atoms with Crippen LogP contribution in [0.3, 0.4) is 0 Å². The molecule has 1 N–H and O–H groups in total. The van der Waals surface area contributed by atoms with Gasteiger partial charge in [0.15, 0.2) is 5.78 Å². The topological polar surface area (TPSA) is 38.3 Å². The number of ketones is 1. The van der Waals surface area contributed by atoms with Crippen LogP contribution in [0.4, 0.5) is 0 Å². The van der Waals surface area contributed by atoms with Crippen LogP contribution >= 0.6 is 0 Å². The Morgan fingerprint density at radius 2 is 2.00 bits per heavy atom. The van der Waals surface area contributed by atoms with E-state index in [4.69, 9.17) is 4.74 Å². The third-order valence-electron chi connectivity index (χ3n) is 3.19. The van der Waals surface area contributed by atoms with E-state index in [0.29, 0.717) is 6.54 Å². The van der Waals surface area contributed by atoms with Crippen LogP contribution in [0.5, 0.6) is 0 Å². The lowest BCUT2D eigenvalue weighted by Crippen LogP contribution is -2.38. The summed E-state index contributed by atoms with van der Waals surface area (Å²) in [6.45, 7) is 11.6. The fraction of sp³-hybridized carbons (Fsp3) is 0.923. The first-order valence-electron chi connectivity index (χ1n) is 6.22. The number of carbonyl (C=O) groups is 1. The van der Waals surface area contributed by atoms with Crippen LogP contribution in [0.1, 0.15) is 47.5 Å². The Labute approximate surface area is 98.9 Å². The van der Waals surface area contributed by atoms with Crippen LogP contribution in [-0.2, 0) is 9.53 Å². The largest absolute Gasteiger partial charge is 0.369 e. The Hall–Kier alpha value is -0.410. The molecule has 1 heterocycles. The molecular formula is C13H25NO2. The maximum atomic E-state index is 12.1. The minimum atomic E-state index is -0.325. The molecule has 0 spiro atoms. The van der Waals surface area contributed by atoms with Gasteiger partial charge >= 0.3 is 0 Å². The van der Waals surface area contributed by atoms with E-state index in [0.717, 1.165) is 19.4 Å². The molecule has 3 nitrogen and oxygen atoms in total. The summed E-state index contributed by atoms with van der Waals surface area (Å²) in [4.78, 5) is 12.1. The molecule has 1 saturated heterocycles. The molecular weight excluding hydrogens is 202 g/mol. The first-order chi connectivity index (χ1) is 7.28. The molecule has 0 aromatic rings. The van der Waals surface area contributed by atoms with Crippen LogP contribution in [-0.4, -0.2) is 30.1 Å². The van der Waals surface area contributed by atoms with E-state index >= 15 is 0 Å². The zero-order valence-corrected chi connectivity index (χ0v) is 11.2. The van der Waals surface area contributed by atoms with Gasteiger partial charge in [-0.1, -0.05) is 6.92 Å². The summed E-state index contributed by atoms with van der Waals surface area (Å²) >= 11 is 0. The van der Waals surface area contributed by atoms with Gasteiger partial charge < -0.3 is 10.1 Å². The molecule has 3 heteroatoms. The Bertz CT molecular complexity index is 259. The van der Waals surface area contributed by atoms with Crippen LogP contribution < -0.4 is 5.32 Å². The zero-order chi connectivity index (χ0) is 12.4. The van der Waals surface area contributed by atoms with Gasteiger partial charge in [0.25, 0.3) is 0 Å². The molecule has 94 valence electrons. The third-order valence-corrected chi connectivity index (χ3v) is 3.19. The first kappa shape index (κ1) is 13.7. The fourth-order valence-electron chi connectivity index (χ4n) is 2.58. The van der Waals surface area contributed by atoms with E-state index in [2.05, 4.69) is 26.1 Å². The number of hydrogen-bond acceptors (Lipinski definition) is 3. The molecule has 1 fully saturated rings. The van der Waals surface area contributed by atoms with Gasteiger partial charge in [-0.25, -0.2) is 0 Å². The molecule has 1 aliphatic heterocycles. The average molecular weight is 227 g/mol. The van der Waals surface area contributed by atoms with Crippen molar-refractivity contribution in [2.45, 2.75) is 58.7 Å². The molecule has 1 atom stereocenters. The number of ether oxygens (including phenoxy) is 1. The molecule has 0 bridgehead atoms. The predicted molar refractivity (Wildman–Crippen MR) is 65.5 cm³/mol.